The number of benzene rings is 1. The molecule has 0 heterocycles. The molecule has 1 aromatic rings. The monoisotopic (exact) mass is 306 g/mol. The Kier molecular flexibility index (Phi) is 7.43. The number of carbonyl (C=O) groups is 2. The van der Waals surface area contributed by atoms with Crippen LogP contribution in [0.1, 0.15) is 40.5 Å². The van der Waals surface area contributed by atoms with Crippen LogP contribution in [-0.4, -0.2) is 31.0 Å². The zero-order valence-electron chi connectivity index (χ0n) is 13.9. The van der Waals surface area contributed by atoms with Crippen molar-refractivity contribution >= 4 is 17.5 Å². The quantitative estimate of drug-likeness (QED) is 0.751. The molecule has 22 heavy (non-hydrogen) atoms. The molecule has 0 fully saturated rings. The molecule has 1 aromatic carbocycles. The normalized spacial score (nSPS) is 10.4. The van der Waals surface area contributed by atoms with Crippen LogP contribution in [0.2, 0.25) is 0 Å². The van der Waals surface area contributed by atoms with Crippen LogP contribution in [0.25, 0.3) is 0 Å². The summed E-state index contributed by atoms with van der Waals surface area (Å²) in [5.74, 6) is 0.434. The van der Waals surface area contributed by atoms with Gasteiger partial charge in [-0.15, -0.1) is 0 Å². The van der Waals surface area contributed by atoms with Gasteiger partial charge in [0.15, 0.2) is 0 Å². The molecular weight excluding hydrogens is 280 g/mol. The number of hydrogen-bond acceptors (Lipinski definition) is 3. The van der Waals surface area contributed by atoms with Crippen molar-refractivity contribution in [3.8, 4) is 5.75 Å². The highest BCUT2D eigenvalue weighted by molar-refractivity contribution is 5.97. The minimum Gasteiger partial charge on any atom is -0.491 e. The zero-order chi connectivity index (χ0) is 16.5. The Hall–Kier alpha value is -2.04. The van der Waals surface area contributed by atoms with Gasteiger partial charge in [-0.25, -0.2) is 0 Å². The molecule has 0 radical (unpaired) electrons. The lowest BCUT2D eigenvalue weighted by atomic mass is 10.2. The highest BCUT2D eigenvalue weighted by atomic mass is 16.5. The summed E-state index contributed by atoms with van der Waals surface area (Å²) in [6, 6.07) is 7.19. The van der Waals surface area contributed by atoms with Gasteiger partial charge in [-0.2, -0.15) is 0 Å². The Morgan fingerprint density at radius 3 is 2.36 bits per heavy atom. The fourth-order valence-electron chi connectivity index (χ4n) is 1.97. The maximum Gasteiger partial charge on any atom is 0.240 e. The molecule has 0 saturated heterocycles. The van der Waals surface area contributed by atoms with Crippen molar-refractivity contribution in [2.45, 2.75) is 46.6 Å². The van der Waals surface area contributed by atoms with Crippen molar-refractivity contribution in [3.63, 3.8) is 0 Å². The van der Waals surface area contributed by atoms with Gasteiger partial charge < -0.3 is 15.0 Å². The molecule has 0 bridgehead atoms. The molecule has 1 N–H and O–H groups in total. The van der Waals surface area contributed by atoms with Gasteiger partial charge in [0.25, 0.3) is 0 Å². The summed E-state index contributed by atoms with van der Waals surface area (Å²) in [6.07, 6.45) is 2.06. The number of nitrogens with one attached hydrogen (secondary N) is 1. The lowest BCUT2D eigenvalue weighted by Crippen LogP contribution is -2.40. The smallest absolute Gasteiger partial charge is 0.240 e. The average molecular weight is 306 g/mol. The van der Waals surface area contributed by atoms with Crippen LogP contribution >= 0.6 is 0 Å². The summed E-state index contributed by atoms with van der Waals surface area (Å²) in [5, 5.41) is 2.82. The number of anilines is 1. The minimum absolute atomic E-state index is 0.0312. The molecule has 0 atom stereocenters. The predicted octanol–water partition coefficient (Wildman–Crippen LogP) is 2.74. The number of carbonyl (C=O) groups excluding carboxylic acids is 2. The number of unbranched alkanes of at least 4 members (excludes halogenated alkanes) is 1. The van der Waals surface area contributed by atoms with Gasteiger partial charge in [-0.3, -0.25) is 9.59 Å². The zero-order valence-corrected chi connectivity index (χ0v) is 13.9. The third-order valence-corrected chi connectivity index (χ3v) is 3.05. The Bertz CT molecular complexity index is 483. The van der Waals surface area contributed by atoms with Crippen molar-refractivity contribution in [1.29, 1.82) is 0 Å². The highest BCUT2D eigenvalue weighted by Crippen LogP contribution is 2.20. The van der Waals surface area contributed by atoms with Crippen LogP contribution in [0.5, 0.6) is 5.75 Å². The predicted molar refractivity (Wildman–Crippen MR) is 88.2 cm³/mol. The molecule has 5 heteroatoms. The first-order valence-corrected chi connectivity index (χ1v) is 7.75. The van der Waals surface area contributed by atoms with E-state index < -0.39 is 0 Å². The van der Waals surface area contributed by atoms with E-state index in [1.54, 1.807) is 24.3 Å². The molecule has 0 unspecified atom stereocenters. The van der Waals surface area contributed by atoms with E-state index in [4.69, 9.17) is 4.74 Å². The van der Waals surface area contributed by atoms with E-state index in [9.17, 15) is 9.59 Å². The first kappa shape index (κ1) is 18.0. The van der Waals surface area contributed by atoms with Crippen molar-refractivity contribution in [1.82, 2.24) is 5.32 Å². The number of hydrogen-bond donors (Lipinski definition) is 1. The van der Waals surface area contributed by atoms with Gasteiger partial charge in [0.1, 0.15) is 12.3 Å². The molecule has 0 aromatic heterocycles. The third kappa shape index (κ3) is 6.16. The summed E-state index contributed by atoms with van der Waals surface area (Å²) in [7, 11) is 0. The second-order valence-electron chi connectivity index (χ2n) is 5.47. The van der Waals surface area contributed by atoms with Gasteiger partial charge in [0.2, 0.25) is 11.8 Å². The van der Waals surface area contributed by atoms with Crippen LogP contribution in [0.3, 0.4) is 0 Å². The van der Waals surface area contributed by atoms with Crippen molar-refractivity contribution in [2.75, 3.05) is 18.0 Å². The Balaban J connectivity index is 2.70. The number of nitrogens with zero attached hydrogens (tertiary/aromatic N) is 1. The van der Waals surface area contributed by atoms with E-state index in [0.717, 1.165) is 18.6 Å². The maximum absolute atomic E-state index is 11.9. The minimum atomic E-state index is -0.164. The van der Waals surface area contributed by atoms with E-state index in [0.29, 0.717) is 12.2 Å². The summed E-state index contributed by atoms with van der Waals surface area (Å²) in [6.45, 7) is 8.10. The fourth-order valence-corrected chi connectivity index (χ4v) is 1.97. The number of ether oxygens (including phenoxy) is 1. The second-order valence-corrected chi connectivity index (χ2v) is 5.47. The molecular formula is C17H26N2O3. The molecule has 0 aliphatic heterocycles. The van der Waals surface area contributed by atoms with Gasteiger partial charge in [0.05, 0.1) is 6.10 Å². The highest BCUT2D eigenvalue weighted by Gasteiger charge is 2.15. The van der Waals surface area contributed by atoms with Crippen molar-refractivity contribution in [2.24, 2.45) is 0 Å². The van der Waals surface area contributed by atoms with Crippen LogP contribution < -0.4 is 15.0 Å². The van der Waals surface area contributed by atoms with Crippen LogP contribution in [-0.2, 0) is 9.59 Å². The summed E-state index contributed by atoms with van der Waals surface area (Å²) < 4.78 is 5.57. The summed E-state index contributed by atoms with van der Waals surface area (Å²) in [4.78, 5) is 25.1. The van der Waals surface area contributed by atoms with E-state index in [1.165, 1.54) is 11.8 Å². The van der Waals surface area contributed by atoms with Gasteiger partial charge >= 0.3 is 0 Å². The molecule has 0 saturated carbocycles. The lowest BCUT2D eigenvalue weighted by molar-refractivity contribution is -0.123. The van der Waals surface area contributed by atoms with Crippen LogP contribution in [0.4, 0.5) is 5.69 Å². The van der Waals surface area contributed by atoms with E-state index >= 15 is 0 Å². The molecule has 0 aliphatic rings. The van der Waals surface area contributed by atoms with Crippen LogP contribution in [0, 0.1) is 0 Å². The second kappa shape index (κ2) is 9.07. The van der Waals surface area contributed by atoms with Gasteiger partial charge in [-0.05, 0) is 44.5 Å². The van der Waals surface area contributed by atoms with Crippen molar-refractivity contribution in [3.05, 3.63) is 24.3 Å². The SMILES string of the molecule is CCCCNC(=O)CN(C(C)=O)c1ccc(OC(C)C)cc1. The van der Waals surface area contributed by atoms with Crippen LogP contribution in [0.15, 0.2) is 24.3 Å². The standard InChI is InChI=1S/C17H26N2O3/c1-5-6-11-18-17(21)12-19(14(4)20)15-7-9-16(10-8-15)22-13(2)3/h7-10,13H,5-6,11-12H2,1-4H3,(H,18,21). The summed E-state index contributed by atoms with van der Waals surface area (Å²) >= 11 is 0. The Morgan fingerprint density at radius 2 is 1.86 bits per heavy atom. The largest absolute Gasteiger partial charge is 0.491 e. The van der Waals surface area contributed by atoms with Crippen molar-refractivity contribution < 1.29 is 14.3 Å². The molecule has 1 rings (SSSR count). The average Bonchev–Trinajstić information content (AvgIpc) is 2.45. The molecule has 0 spiro atoms. The molecule has 0 aliphatic carbocycles. The van der Waals surface area contributed by atoms with Gasteiger partial charge in [-0.1, -0.05) is 13.3 Å². The third-order valence-electron chi connectivity index (χ3n) is 3.05. The number of rotatable bonds is 8. The lowest BCUT2D eigenvalue weighted by Gasteiger charge is -2.21. The Morgan fingerprint density at radius 1 is 1.23 bits per heavy atom. The molecule has 122 valence electrons. The topological polar surface area (TPSA) is 58.6 Å². The van der Waals surface area contributed by atoms with E-state index in [1.807, 2.05) is 13.8 Å². The molecule has 5 nitrogen and oxygen atoms in total. The first-order chi connectivity index (χ1) is 10.4. The van der Waals surface area contributed by atoms with E-state index in [-0.39, 0.29) is 24.5 Å². The fraction of sp³-hybridized carbons (Fsp3) is 0.529. The maximum atomic E-state index is 11.9. The van der Waals surface area contributed by atoms with Gasteiger partial charge in [0, 0.05) is 19.2 Å². The molecule has 2 amide bonds. The summed E-state index contributed by atoms with van der Waals surface area (Å²) in [5.41, 5.74) is 0.689. The Labute approximate surface area is 132 Å². The number of amides is 2. The first-order valence-electron chi connectivity index (χ1n) is 7.75. The van der Waals surface area contributed by atoms with E-state index in [2.05, 4.69) is 12.2 Å².